The second-order valence-corrected chi connectivity index (χ2v) is 6.63. The molecule has 0 bridgehead atoms. The Morgan fingerprint density at radius 2 is 1.87 bits per heavy atom. The number of hydrogen-bond donors (Lipinski definition) is 1. The van der Waals surface area contributed by atoms with Crippen LogP contribution in [0.15, 0.2) is 46.7 Å². The van der Waals surface area contributed by atoms with Crippen LogP contribution >= 0.6 is 0 Å². The predicted octanol–water partition coefficient (Wildman–Crippen LogP) is 3.48. The van der Waals surface area contributed by atoms with Crippen LogP contribution in [0.25, 0.3) is 0 Å². The van der Waals surface area contributed by atoms with Crippen molar-refractivity contribution in [1.29, 1.82) is 0 Å². The van der Waals surface area contributed by atoms with E-state index in [1.54, 1.807) is 7.05 Å². The van der Waals surface area contributed by atoms with Gasteiger partial charge in [-0.3, -0.25) is 4.79 Å². The lowest BCUT2D eigenvalue weighted by Gasteiger charge is -2.15. The SMILES string of the molecule is CCON=COCc1cc(C)c(OCc2ccccc2/C(=N\OC)C(=O)NC)cc1C. The van der Waals surface area contributed by atoms with Gasteiger partial charge < -0.3 is 24.5 Å². The molecule has 1 amide bonds. The molecule has 0 spiro atoms. The first-order valence-electron chi connectivity index (χ1n) is 9.91. The van der Waals surface area contributed by atoms with Crippen molar-refractivity contribution in [1.82, 2.24) is 5.32 Å². The van der Waals surface area contributed by atoms with Crippen molar-refractivity contribution in [2.45, 2.75) is 34.0 Å². The van der Waals surface area contributed by atoms with E-state index in [4.69, 9.17) is 19.1 Å². The number of nitrogens with zero attached hydrogens (tertiary/aromatic N) is 2. The van der Waals surface area contributed by atoms with Crippen LogP contribution in [-0.4, -0.2) is 38.8 Å². The van der Waals surface area contributed by atoms with Gasteiger partial charge in [0.25, 0.3) is 5.91 Å². The minimum atomic E-state index is -0.335. The minimum Gasteiger partial charge on any atom is -0.489 e. The van der Waals surface area contributed by atoms with E-state index in [0.717, 1.165) is 28.0 Å². The fourth-order valence-corrected chi connectivity index (χ4v) is 2.88. The highest BCUT2D eigenvalue weighted by Crippen LogP contribution is 2.25. The monoisotopic (exact) mass is 427 g/mol. The van der Waals surface area contributed by atoms with Gasteiger partial charge in [-0.2, -0.15) is 0 Å². The van der Waals surface area contributed by atoms with Gasteiger partial charge in [0.1, 0.15) is 32.7 Å². The van der Waals surface area contributed by atoms with Gasteiger partial charge >= 0.3 is 0 Å². The number of oxime groups is 2. The summed E-state index contributed by atoms with van der Waals surface area (Å²) in [6.07, 6.45) is 1.30. The third-order valence-corrected chi connectivity index (χ3v) is 4.47. The Labute approximate surface area is 182 Å². The highest BCUT2D eigenvalue weighted by atomic mass is 16.6. The molecule has 0 radical (unpaired) electrons. The Bertz CT molecular complexity index is 941. The lowest BCUT2D eigenvalue weighted by molar-refractivity contribution is -0.114. The van der Waals surface area contributed by atoms with Gasteiger partial charge in [-0.1, -0.05) is 34.6 Å². The molecule has 0 aliphatic heterocycles. The lowest BCUT2D eigenvalue weighted by atomic mass is 10.0. The van der Waals surface area contributed by atoms with Crippen LogP contribution in [0, 0.1) is 13.8 Å². The van der Waals surface area contributed by atoms with Crippen molar-refractivity contribution in [3.8, 4) is 5.75 Å². The zero-order valence-electron chi connectivity index (χ0n) is 18.6. The average molecular weight is 428 g/mol. The lowest BCUT2D eigenvalue weighted by Crippen LogP contribution is -2.29. The number of hydrogen-bond acceptors (Lipinski definition) is 7. The number of benzene rings is 2. The molecule has 8 heteroatoms. The summed E-state index contributed by atoms with van der Waals surface area (Å²) in [5.74, 6) is 0.419. The summed E-state index contributed by atoms with van der Waals surface area (Å²) in [7, 11) is 2.95. The Hall–Kier alpha value is -3.55. The van der Waals surface area contributed by atoms with E-state index in [1.165, 1.54) is 13.5 Å². The van der Waals surface area contributed by atoms with E-state index in [2.05, 4.69) is 15.6 Å². The topological polar surface area (TPSA) is 90.7 Å². The molecule has 0 saturated carbocycles. The molecule has 2 aromatic carbocycles. The van der Waals surface area contributed by atoms with Crippen LogP contribution in [-0.2, 0) is 32.4 Å². The molecule has 166 valence electrons. The number of amides is 1. The van der Waals surface area contributed by atoms with Crippen molar-refractivity contribution in [3.05, 3.63) is 64.2 Å². The second-order valence-electron chi connectivity index (χ2n) is 6.63. The Morgan fingerprint density at radius 1 is 1.10 bits per heavy atom. The molecule has 0 aliphatic carbocycles. The zero-order valence-corrected chi connectivity index (χ0v) is 18.6. The van der Waals surface area contributed by atoms with E-state index in [9.17, 15) is 4.79 Å². The molecular formula is C23H29N3O5. The van der Waals surface area contributed by atoms with Gasteiger partial charge in [-0.05, 0) is 55.2 Å². The van der Waals surface area contributed by atoms with Crippen LogP contribution < -0.4 is 10.1 Å². The van der Waals surface area contributed by atoms with Crippen LogP contribution in [0.5, 0.6) is 5.75 Å². The first-order chi connectivity index (χ1) is 15.0. The van der Waals surface area contributed by atoms with Crippen molar-refractivity contribution >= 4 is 18.0 Å². The second kappa shape index (κ2) is 12.2. The summed E-state index contributed by atoms with van der Waals surface area (Å²) in [5.41, 5.74) is 4.70. The van der Waals surface area contributed by atoms with Crippen molar-refractivity contribution in [3.63, 3.8) is 0 Å². The van der Waals surface area contributed by atoms with Gasteiger partial charge in [0.2, 0.25) is 6.40 Å². The van der Waals surface area contributed by atoms with Gasteiger partial charge in [0, 0.05) is 12.6 Å². The van der Waals surface area contributed by atoms with E-state index < -0.39 is 0 Å². The number of ether oxygens (including phenoxy) is 2. The van der Waals surface area contributed by atoms with Crippen molar-refractivity contribution < 1.29 is 23.9 Å². The first kappa shape index (κ1) is 23.7. The quantitative estimate of drug-likeness (QED) is 0.337. The summed E-state index contributed by atoms with van der Waals surface area (Å²) >= 11 is 0. The molecule has 8 nitrogen and oxygen atoms in total. The molecule has 0 saturated heterocycles. The largest absolute Gasteiger partial charge is 0.489 e. The number of rotatable bonds is 11. The molecule has 0 aliphatic rings. The fourth-order valence-electron chi connectivity index (χ4n) is 2.88. The van der Waals surface area contributed by atoms with Crippen molar-refractivity contribution in [2.24, 2.45) is 10.3 Å². The molecule has 0 fully saturated rings. The number of nitrogens with one attached hydrogen (secondary N) is 1. The Morgan fingerprint density at radius 3 is 2.58 bits per heavy atom. The standard InChI is InChI=1S/C23H29N3O5/c1-6-31-25-15-29-13-19-11-17(3)21(12-16(19)2)30-14-18-9-7-8-10-20(18)22(26-28-5)23(27)24-4/h7-12,15H,6,13-14H2,1-5H3,(H,24,27)/b25-15?,26-22+. The third-order valence-electron chi connectivity index (χ3n) is 4.47. The Balaban J connectivity index is 2.16. The summed E-state index contributed by atoms with van der Waals surface area (Å²) in [5, 5.41) is 10.1. The maximum absolute atomic E-state index is 12.2. The predicted molar refractivity (Wildman–Crippen MR) is 119 cm³/mol. The minimum absolute atomic E-state index is 0.193. The van der Waals surface area contributed by atoms with E-state index in [-0.39, 0.29) is 18.2 Å². The third kappa shape index (κ3) is 6.74. The maximum Gasteiger partial charge on any atom is 0.273 e. The summed E-state index contributed by atoms with van der Waals surface area (Å²) < 4.78 is 11.5. The van der Waals surface area contributed by atoms with E-state index >= 15 is 0 Å². The average Bonchev–Trinajstić information content (AvgIpc) is 2.78. The highest BCUT2D eigenvalue weighted by molar-refractivity contribution is 6.45. The number of likely N-dealkylation sites (N-methyl/N-ethyl adjacent to an activating group) is 1. The molecule has 2 rings (SSSR count). The molecule has 31 heavy (non-hydrogen) atoms. The molecule has 1 N–H and O–H groups in total. The van der Waals surface area contributed by atoms with Gasteiger partial charge in [0.15, 0.2) is 5.71 Å². The van der Waals surface area contributed by atoms with Gasteiger partial charge in [-0.25, -0.2) is 0 Å². The van der Waals surface area contributed by atoms with Gasteiger partial charge in [-0.15, -0.1) is 0 Å². The summed E-state index contributed by atoms with van der Waals surface area (Å²) in [6, 6.07) is 11.4. The van der Waals surface area contributed by atoms with Crippen LogP contribution in [0.2, 0.25) is 0 Å². The van der Waals surface area contributed by atoms with Crippen molar-refractivity contribution in [2.75, 3.05) is 20.8 Å². The highest BCUT2D eigenvalue weighted by Gasteiger charge is 2.17. The summed E-state index contributed by atoms with van der Waals surface area (Å²) in [4.78, 5) is 21.9. The molecular weight excluding hydrogens is 398 g/mol. The molecule has 0 aromatic heterocycles. The maximum atomic E-state index is 12.2. The fraction of sp³-hybridized carbons (Fsp3) is 0.348. The molecule has 0 atom stereocenters. The number of carbonyl (C=O) groups is 1. The smallest absolute Gasteiger partial charge is 0.273 e. The van der Waals surface area contributed by atoms with Crippen LogP contribution in [0.4, 0.5) is 0 Å². The number of aryl methyl sites for hydroxylation is 2. The van der Waals surface area contributed by atoms with Crippen LogP contribution in [0.3, 0.4) is 0 Å². The van der Waals surface area contributed by atoms with Gasteiger partial charge in [0.05, 0.1) is 0 Å². The molecule has 0 heterocycles. The Kier molecular flexibility index (Phi) is 9.35. The van der Waals surface area contributed by atoms with E-state index in [1.807, 2.05) is 57.2 Å². The first-order valence-corrected chi connectivity index (χ1v) is 9.91. The normalized spacial score (nSPS) is 11.3. The molecule has 2 aromatic rings. The van der Waals surface area contributed by atoms with E-state index in [0.29, 0.717) is 18.8 Å². The summed E-state index contributed by atoms with van der Waals surface area (Å²) in [6.45, 7) is 6.97. The zero-order chi connectivity index (χ0) is 22.6. The number of carbonyl (C=O) groups excluding carboxylic acids is 1. The van der Waals surface area contributed by atoms with Crippen LogP contribution in [0.1, 0.15) is 34.7 Å². The molecule has 0 unspecified atom stereocenters.